The number of carbonyl (C=O) groups is 3. The second kappa shape index (κ2) is 9.69. The van der Waals surface area contributed by atoms with Crippen LogP contribution in [0.4, 0.5) is 10.7 Å². The van der Waals surface area contributed by atoms with E-state index in [2.05, 4.69) is 26.6 Å². The monoisotopic (exact) mass is 486 g/mol. The second-order valence-corrected chi connectivity index (χ2v) is 8.20. The molecule has 6 nitrogen and oxygen atoms in total. The standard InChI is InChI=1S/C22H19BrN2O4S/c1-3-29-22(28)17-13(2)18(20(27)24-16-10-5-4-6-11-16)30-21(17)25-19(26)14-8-7-9-15(23)12-14/h4-12H,3H2,1-2H3,(H,24,27)(H,25,26). The summed E-state index contributed by atoms with van der Waals surface area (Å²) in [6, 6.07) is 15.9. The number of carbonyl (C=O) groups excluding carboxylic acids is 3. The van der Waals surface area contributed by atoms with Crippen molar-refractivity contribution in [3.8, 4) is 0 Å². The Morgan fingerprint density at radius 1 is 1.00 bits per heavy atom. The van der Waals surface area contributed by atoms with E-state index < -0.39 is 11.9 Å². The molecule has 2 N–H and O–H groups in total. The molecule has 0 fully saturated rings. The van der Waals surface area contributed by atoms with Gasteiger partial charge in [0, 0.05) is 15.7 Å². The first-order chi connectivity index (χ1) is 14.4. The van der Waals surface area contributed by atoms with Crippen molar-refractivity contribution in [1.82, 2.24) is 0 Å². The lowest BCUT2D eigenvalue weighted by Crippen LogP contribution is -2.15. The van der Waals surface area contributed by atoms with Gasteiger partial charge in [-0.05, 0) is 49.7 Å². The highest BCUT2D eigenvalue weighted by Gasteiger charge is 2.27. The van der Waals surface area contributed by atoms with Crippen LogP contribution >= 0.6 is 27.3 Å². The van der Waals surface area contributed by atoms with E-state index >= 15 is 0 Å². The van der Waals surface area contributed by atoms with E-state index in [1.165, 1.54) is 0 Å². The number of benzene rings is 2. The molecule has 0 radical (unpaired) electrons. The Morgan fingerprint density at radius 2 is 1.73 bits per heavy atom. The van der Waals surface area contributed by atoms with Gasteiger partial charge in [-0.2, -0.15) is 0 Å². The van der Waals surface area contributed by atoms with Crippen LogP contribution < -0.4 is 10.6 Å². The lowest BCUT2D eigenvalue weighted by Gasteiger charge is -2.07. The number of esters is 1. The van der Waals surface area contributed by atoms with E-state index in [4.69, 9.17) is 4.74 Å². The summed E-state index contributed by atoms with van der Waals surface area (Å²) in [5, 5.41) is 5.83. The third-order valence-corrected chi connectivity index (χ3v) is 5.88. The van der Waals surface area contributed by atoms with E-state index in [-0.39, 0.29) is 23.1 Å². The van der Waals surface area contributed by atoms with Crippen LogP contribution in [0.5, 0.6) is 0 Å². The minimum absolute atomic E-state index is 0.179. The first-order valence-corrected chi connectivity index (χ1v) is 10.8. The van der Waals surface area contributed by atoms with E-state index in [9.17, 15) is 14.4 Å². The van der Waals surface area contributed by atoms with Crippen molar-refractivity contribution in [3.05, 3.63) is 80.6 Å². The van der Waals surface area contributed by atoms with Crippen LogP contribution in [0.25, 0.3) is 0 Å². The van der Waals surface area contributed by atoms with Crippen LogP contribution in [0.3, 0.4) is 0 Å². The molecule has 0 spiro atoms. The number of hydrogen-bond acceptors (Lipinski definition) is 5. The summed E-state index contributed by atoms with van der Waals surface area (Å²) in [6.07, 6.45) is 0. The van der Waals surface area contributed by atoms with Crippen LogP contribution in [0, 0.1) is 6.92 Å². The molecule has 0 aliphatic heterocycles. The number of hydrogen-bond donors (Lipinski definition) is 2. The van der Waals surface area contributed by atoms with Crippen LogP contribution in [0.1, 0.15) is 42.9 Å². The topological polar surface area (TPSA) is 84.5 Å². The molecular weight excluding hydrogens is 468 g/mol. The normalized spacial score (nSPS) is 10.4. The van der Waals surface area contributed by atoms with Crippen molar-refractivity contribution in [2.75, 3.05) is 17.2 Å². The van der Waals surface area contributed by atoms with Gasteiger partial charge in [-0.1, -0.05) is 40.2 Å². The third-order valence-electron chi connectivity index (χ3n) is 4.18. The maximum atomic E-state index is 12.8. The van der Waals surface area contributed by atoms with Gasteiger partial charge in [0.25, 0.3) is 11.8 Å². The minimum Gasteiger partial charge on any atom is -0.462 e. The van der Waals surface area contributed by atoms with Crippen molar-refractivity contribution >= 4 is 55.7 Å². The molecule has 0 saturated heterocycles. The molecule has 30 heavy (non-hydrogen) atoms. The van der Waals surface area contributed by atoms with Crippen molar-refractivity contribution in [3.63, 3.8) is 0 Å². The summed E-state index contributed by atoms with van der Waals surface area (Å²) in [5.74, 6) is -1.34. The molecule has 0 aliphatic carbocycles. The molecule has 2 amide bonds. The van der Waals surface area contributed by atoms with Crippen molar-refractivity contribution in [2.24, 2.45) is 0 Å². The molecule has 1 aromatic heterocycles. The Morgan fingerprint density at radius 3 is 2.40 bits per heavy atom. The zero-order valence-electron chi connectivity index (χ0n) is 16.3. The fourth-order valence-corrected chi connectivity index (χ4v) is 4.27. The summed E-state index contributed by atoms with van der Waals surface area (Å²) in [7, 11) is 0. The molecule has 0 aliphatic rings. The lowest BCUT2D eigenvalue weighted by atomic mass is 10.1. The predicted molar refractivity (Wildman–Crippen MR) is 122 cm³/mol. The fraction of sp³-hybridized carbons (Fsp3) is 0.136. The van der Waals surface area contributed by atoms with Crippen molar-refractivity contribution in [1.29, 1.82) is 0 Å². The van der Waals surface area contributed by atoms with Crippen LogP contribution in [0.2, 0.25) is 0 Å². The molecule has 0 atom stereocenters. The molecule has 3 aromatic rings. The van der Waals surface area contributed by atoms with E-state index in [1.807, 2.05) is 24.3 Å². The van der Waals surface area contributed by atoms with Gasteiger partial charge in [0.15, 0.2) is 0 Å². The SMILES string of the molecule is CCOC(=O)c1c(NC(=O)c2cccc(Br)c2)sc(C(=O)Nc2ccccc2)c1C. The smallest absolute Gasteiger partial charge is 0.341 e. The number of anilines is 2. The van der Waals surface area contributed by atoms with Crippen molar-refractivity contribution in [2.45, 2.75) is 13.8 Å². The van der Waals surface area contributed by atoms with Gasteiger partial charge in [0.05, 0.1) is 17.0 Å². The Balaban J connectivity index is 1.94. The fourth-order valence-electron chi connectivity index (χ4n) is 2.78. The van der Waals surface area contributed by atoms with Gasteiger partial charge in [-0.15, -0.1) is 11.3 Å². The van der Waals surface area contributed by atoms with Gasteiger partial charge in [0.2, 0.25) is 0 Å². The molecule has 3 rings (SSSR count). The van der Waals surface area contributed by atoms with E-state index in [1.54, 1.807) is 44.2 Å². The number of thiophene rings is 1. The lowest BCUT2D eigenvalue weighted by molar-refractivity contribution is 0.0527. The minimum atomic E-state index is -0.588. The number of para-hydroxylation sites is 1. The van der Waals surface area contributed by atoms with Gasteiger partial charge < -0.3 is 15.4 Å². The average molecular weight is 487 g/mol. The average Bonchev–Trinajstić information content (AvgIpc) is 3.05. The number of ether oxygens (including phenoxy) is 1. The molecule has 1 heterocycles. The summed E-state index contributed by atoms with van der Waals surface area (Å²) in [4.78, 5) is 38.4. The Hall–Kier alpha value is -2.97. The molecular formula is C22H19BrN2O4S. The van der Waals surface area contributed by atoms with Gasteiger partial charge in [-0.25, -0.2) is 4.79 Å². The highest BCUT2D eigenvalue weighted by molar-refractivity contribution is 9.10. The summed E-state index contributed by atoms with van der Waals surface area (Å²) in [5.41, 5.74) is 1.69. The zero-order valence-corrected chi connectivity index (χ0v) is 18.7. The number of halogens is 1. The first kappa shape index (κ1) is 21.7. The molecule has 0 unspecified atom stereocenters. The Kier molecular flexibility index (Phi) is 7.02. The molecule has 0 bridgehead atoms. The zero-order chi connectivity index (χ0) is 21.7. The molecule has 2 aromatic carbocycles. The van der Waals surface area contributed by atoms with Gasteiger partial charge in [-0.3, -0.25) is 9.59 Å². The summed E-state index contributed by atoms with van der Waals surface area (Å²) in [6.45, 7) is 3.54. The highest BCUT2D eigenvalue weighted by Crippen LogP contribution is 2.34. The highest BCUT2D eigenvalue weighted by atomic mass is 79.9. The first-order valence-electron chi connectivity index (χ1n) is 9.14. The maximum Gasteiger partial charge on any atom is 0.341 e. The van der Waals surface area contributed by atoms with Crippen LogP contribution in [0.15, 0.2) is 59.1 Å². The third kappa shape index (κ3) is 4.95. The largest absolute Gasteiger partial charge is 0.462 e. The van der Waals surface area contributed by atoms with Gasteiger partial charge >= 0.3 is 5.97 Å². The van der Waals surface area contributed by atoms with Crippen LogP contribution in [-0.4, -0.2) is 24.4 Å². The van der Waals surface area contributed by atoms with Crippen LogP contribution in [-0.2, 0) is 4.74 Å². The van der Waals surface area contributed by atoms with Gasteiger partial charge in [0.1, 0.15) is 5.00 Å². The van der Waals surface area contributed by atoms with Crippen molar-refractivity contribution < 1.29 is 19.1 Å². The van der Waals surface area contributed by atoms with E-state index in [0.29, 0.717) is 21.7 Å². The molecule has 154 valence electrons. The molecule has 8 heteroatoms. The quantitative estimate of drug-likeness (QED) is 0.450. The predicted octanol–water partition coefficient (Wildman–Crippen LogP) is 5.50. The summed E-state index contributed by atoms with van der Waals surface area (Å²) < 4.78 is 5.90. The number of amides is 2. The number of nitrogens with one attached hydrogen (secondary N) is 2. The molecule has 0 saturated carbocycles. The number of rotatable bonds is 6. The summed E-state index contributed by atoms with van der Waals surface area (Å²) >= 11 is 4.37. The van der Waals surface area contributed by atoms with E-state index in [0.717, 1.165) is 15.8 Å². The second-order valence-electron chi connectivity index (χ2n) is 6.27. The maximum absolute atomic E-state index is 12.8. The Labute approximate surface area is 186 Å². The Bertz CT molecular complexity index is 1100.